The number of anilines is 1. The van der Waals surface area contributed by atoms with E-state index >= 15 is 0 Å². The fourth-order valence-corrected chi connectivity index (χ4v) is 4.21. The molecule has 0 radical (unpaired) electrons. The second-order valence-corrected chi connectivity index (χ2v) is 8.05. The van der Waals surface area contributed by atoms with Gasteiger partial charge >= 0.3 is 0 Å². The second-order valence-electron chi connectivity index (χ2n) is 8.05. The Morgan fingerprint density at radius 3 is 2.50 bits per heavy atom. The monoisotopic (exact) mass is 413 g/mol. The maximum Gasteiger partial charge on any atom is 0.227 e. The number of nitrogens with zero attached hydrogens (tertiary/aromatic N) is 2. The molecule has 0 spiro atoms. The van der Waals surface area contributed by atoms with Gasteiger partial charge in [-0.3, -0.25) is 14.5 Å². The van der Waals surface area contributed by atoms with Crippen molar-refractivity contribution in [3.63, 3.8) is 0 Å². The lowest BCUT2D eigenvalue weighted by Gasteiger charge is -2.32. The van der Waals surface area contributed by atoms with E-state index in [0.29, 0.717) is 0 Å². The minimum atomic E-state index is -0.796. The zero-order valence-corrected chi connectivity index (χ0v) is 16.7. The minimum Gasteiger partial charge on any atom is -0.353 e. The van der Waals surface area contributed by atoms with Crippen molar-refractivity contribution in [2.45, 2.75) is 31.8 Å². The highest BCUT2D eigenvalue weighted by molar-refractivity contribution is 6.00. The average molecular weight is 413 g/mol. The molecule has 2 aliphatic heterocycles. The highest BCUT2D eigenvalue weighted by Gasteiger charge is 2.37. The standard InChI is InChI=1S/C23H25F2N3O2/c24-18-6-7-21(20(25)13-18)28-15-17(12-22(28)29)23(30)26-19-8-10-27(11-9-19)14-16-4-2-1-3-5-16/h1-7,13,17,19H,8-12,14-15H2,(H,26,30). The molecule has 4 rings (SSSR count). The van der Waals surface area contributed by atoms with Crippen LogP contribution in [0.3, 0.4) is 0 Å². The van der Waals surface area contributed by atoms with Gasteiger partial charge in [0.25, 0.3) is 0 Å². The summed E-state index contributed by atoms with van der Waals surface area (Å²) in [6, 6.07) is 13.5. The number of piperidine rings is 1. The molecule has 0 aromatic heterocycles. The smallest absolute Gasteiger partial charge is 0.227 e. The normalized spacial score (nSPS) is 20.5. The van der Waals surface area contributed by atoms with Gasteiger partial charge < -0.3 is 10.2 Å². The van der Waals surface area contributed by atoms with E-state index in [1.54, 1.807) is 0 Å². The first-order valence-corrected chi connectivity index (χ1v) is 10.3. The fraction of sp³-hybridized carbons (Fsp3) is 0.391. The van der Waals surface area contributed by atoms with Gasteiger partial charge in [0.2, 0.25) is 11.8 Å². The molecular formula is C23H25F2N3O2. The Morgan fingerprint density at radius 1 is 1.07 bits per heavy atom. The Hall–Kier alpha value is -2.80. The number of likely N-dealkylation sites (tertiary alicyclic amines) is 1. The molecule has 2 saturated heterocycles. The summed E-state index contributed by atoms with van der Waals surface area (Å²) in [4.78, 5) is 28.6. The lowest BCUT2D eigenvalue weighted by Crippen LogP contribution is -2.46. The van der Waals surface area contributed by atoms with E-state index in [4.69, 9.17) is 0 Å². The molecule has 2 aromatic rings. The lowest BCUT2D eigenvalue weighted by molar-refractivity contribution is -0.127. The molecule has 2 heterocycles. The van der Waals surface area contributed by atoms with E-state index in [-0.39, 0.29) is 36.5 Å². The third-order valence-electron chi connectivity index (χ3n) is 5.88. The molecule has 158 valence electrons. The molecule has 2 aromatic carbocycles. The first kappa shape index (κ1) is 20.5. The number of benzene rings is 2. The highest BCUT2D eigenvalue weighted by Crippen LogP contribution is 2.28. The van der Waals surface area contributed by atoms with Crippen molar-refractivity contribution in [3.8, 4) is 0 Å². The molecular weight excluding hydrogens is 388 g/mol. The third-order valence-corrected chi connectivity index (χ3v) is 5.88. The molecule has 7 heteroatoms. The van der Waals surface area contributed by atoms with Crippen molar-refractivity contribution in [2.75, 3.05) is 24.5 Å². The van der Waals surface area contributed by atoms with Crippen molar-refractivity contribution in [1.29, 1.82) is 0 Å². The molecule has 2 amide bonds. The summed E-state index contributed by atoms with van der Waals surface area (Å²) >= 11 is 0. The molecule has 1 N–H and O–H groups in total. The van der Waals surface area contributed by atoms with Gasteiger partial charge in [-0.15, -0.1) is 0 Å². The van der Waals surface area contributed by atoms with E-state index in [0.717, 1.165) is 44.6 Å². The van der Waals surface area contributed by atoms with Gasteiger partial charge in [-0.05, 0) is 30.5 Å². The largest absolute Gasteiger partial charge is 0.353 e. The van der Waals surface area contributed by atoms with Crippen LogP contribution in [-0.2, 0) is 16.1 Å². The first-order valence-electron chi connectivity index (χ1n) is 10.3. The lowest BCUT2D eigenvalue weighted by atomic mass is 10.0. The molecule has 0 bridgehead atoms. The van der Waals surface area contributed by atoms with Gasteiger partial charge in [0.15, 0.2) is 0 Å². The van der Waals surface area contributed by atoms with E-state index in [1.165, 1.54) is 16.5 Å². The van der Waals surface area contributed by atoms with E-state index in [2.05, 4.69) is 22.3 Å². The van der Waals surface area contributed by atoms with Crippen LogP contribution in [0.25, 0.3) is 0 Å². The van der Waals surface area contributed by atoms with Crippen molar-refractivity contribution in [1.82, 2.24) is 10.2 Å². The summed E-state index contributed by atoms with van der Waals surface area (Å²) in [5.41, 5.74) is 1.29. The quantitative estimate of drug-likeness (QED) is 0.820. The predicted molar refractivity (Wildman–Crippen MR) is 110 cm³/mol. The van der Waals surface area contributed by atoms with Crippen molar-refractivity contribution >= 4 is 17.5 Å². The Kier molecular flexibility index (Phi) is 6.08. The van der Waals surface area contributed by atoms with Gasteiger partial charge in [0, 0.05) is 44.7 Å². The van der Waals surface area contributed by atoms with Crippen LogP contribution in [0.5, 0.6) is 0 Å². The van der Waals surface area contributed by atoms with E-state index in [9.17, 15) is 18.4 Å². The molecule has 0 aliphatic carbocycles. The van der Waals surface area contributed by atoms with Crippen LogP contribution in [0, 0.1) is 17.6 Å². The number of hydrogen-bond donors (Lipinski definition) is 1. The Labute approximate surface area is 174 Å². The summed E-state index contributed by atoms with van der Waals surface area (Å²) in [5, 5.41) is 3.06. The highest BCUT2D eigenvalue weighted by atomic mass is 19.1. The topological polar surface area (TPSA) is 52.7 Å². The van der Waals surface area contributed by atoms with Crippen LogP contribution in [0.1, 0.15) is 24.8 Å². The number of rotatable bonds is 5. The average Bonchev–Trinajstić information content (AvgIpc) is 3.12. The van der Waals surface area contributed by atoms with Crippen LogP contribution in [-0.4, -0.2) is 42.4 Å². The summed E-state index contributed by atoms with van der Waals surface area (Å²) < 4.78 is 27.2. The molecule has 30 heavy (non-hydrogen) atoms. The van der Waals surface area contributed by atoms with Gasteiger partial charge in [0.1, 0.15) is 11.6 Å². The first-order chi connectivity index (χ1) is 14.5. The molecule has 0 saturated carbocycles. The molecule has 2 aliphatic rings. The van der Waals surface area contributed by atoms with Crippen LogP contribution >= 0.6 is 0 Å². The zero-order chi connectivity index (χ0) is 21.1. The molecule has 2 fully saturated rings. The van der Waals surface area contributed by atoms with Crippen molar-refractivity contribution in [3.05, 3.63) is 65.7 Å². The number of amides is 2. The van der Waals surface area contributed by atoms with Crippen LogP contribution in [0.4, 0.5) is 14.5 Å². The summed E-state index contributed by atoms with van der Waals surface area (Å²) in [6.45, 7) is 2.81. The van der Waals surface area contributed by atoms with Gasteiger partial charge in [-0.2, -0.15) is 0 Å². The van der Waals surface area contributed by atoms with Crippen LogP contribution in [0.15, 0.2) is 48.5 Å². The fourth-order valence-electron chi connectivity index (χ4n) is 4.21. The second kappa shape index (κ2) is 8.92. The Balaban J connectivity index is 1.28. The summed E-state index contributed by atoms with van der Waals surface area (Å²) in [5.74, 6) is -2.51. The zero-order valence-electron chi connectivity index (χ0n) is 16.7. The van der Waals surface area contributed by atoms with Crippen molar-refractivity contribution < 1.29 is 18.4 Å². The SMILES string of the molecule is O=C(NC1CCN(Cc2ccccc2)CC1)C1CC(=O)N(c2ccc(F)cc2F)C1. The van der Waals surface area contributed by atoms with Gasteiger partial charge in [-0.25, -0.2) is 8.78 Å². The Bertz CT molecular complexity index is 914. The summed E-state index contributed by atoms with van der Waals surface area (Å²) in [7, 11) is 0. The Morgan fingerprint density at radius 2 is 1.80 bits per heavy atom. The number of nitrogens with one attached hydrogen (secondary N) is 1. The van der Waals surface area contributed by atoms with Gasteiger partial charge in [-0.1, -0.05) is 30.3 Å². The maximum atomic E-state index is 14.0. The third kappa shape index (κ3) is 4.67. The van der Waals surface area contributed by atoms with Gasteiger partial charge in [0.05, 0.1) is 11.6 Å². The van der Waals surface area contributed by atoms with E-state index in [1.807, 2.05) is 18.2 Å². The molecule has 5 nitrogen and oxygen atoms in total. The minimum absolute atomic E-state index is 0.0194. The van der Waals surface area contributed by atoms with Crippen LogP contribution < -0.4 is 10.2 Å². The predicted octanol–water partition coefficient (Wildman–Crippen LogP) is 3.10. The molecule has 1 atom stereocenters. The summed E-state index contributed by atoms with van der Waals surface area (Å²) in [6.07, 6.45) is 1.75. The number of hydrogen-bond acceptors (Lipinski definition) is 3. The molecule has 1 unspecified atom stereocenters. The maximum absolute atomic E-state index is 14.0. The van der Waals surface area contributed by atoms with Crippen LogP contribution in [0.2, 0.25) is 0 Å². The number of carbonyl (C=O) groups is 2. The number of halogens is 2. The van der Waals surface area contributed by atoms with E-state index < -0.39 is 17.6 Å². The van der Waals surface area contributed by atoms with Crippen molar-refractivity contribution in [2.24, 2.45) is 5.92 Å². The number of carbonyl (C=O) groups excluding carboxylic acids is 2.